The molecule has 0 bridgehead atoms. The number of carbonyl (C=O) groups excluding carboxylic acids is 1. The van der Waals surface area contributed by atoms with Crippen LogP contribution >= 0.6 is 15.9 Å². The second-order valence-corrected chi connectivity index (χ2v) is 5.08. The van der Waals surface area contributed by atoms with Crippen LogP contribution in [0.2, 0.25) is 0 Å². The molecule has 0 aromatic carbocycles. The Kier molecular flexibility index (Phi) is 5.56. The van der Waals surface area contributed by atoms with E-state index in [-0.39, 0.29) is 5.91 Å². The van der Waals surface area contributed by atoms with Gasteiger partial charge >= 0.3 is 0 Å². The summed E-state index contributed by atoms with van der Waals surface area (Å²) in [6, 6.07) is 3.53. The zero-order valence-corrected chi connectivity index (χ0v) is 12.1. The molecule has 2 N–H and O–H groups in total. The highest BCUT2D eigenvalue weighted by Gasteiger charge is 2.14. The van der Waals surface area contributed by atoms with Gasteiger partial charge in [-0.25, -0.2) is 5.43 Å². The van der Waals surface area contributed by atoms with Crippen molar-refractivity contribution in [3.05, 3.63) is 22.6 Å². The van der Waals surface area contributed by atoms with Crippen molar-refractivity contribution in [3.8, 4) is 0 Å². The van der Waals surface area contributed by atoms with Crippen molar-refractivity contribution >= 4 is 28.1 Å². The van der Waals surface area contributed by atoms with Crippen LogP contribution in [0.1, 0.15) is 12.2 Å². The van der Waals surface area contributed by atoms with Gasteiger partial charge in [-0.1, -0.05) is 0 Å². The van der Waals surface area contributed by atoms with E-state index in [4.69, 9.17) is 9.15 Å². The van der Waals surface area contributed by atoms with Crippen LogP contribution in [0.15, 0.2) is 26.3 Å². The second kappa shape index (κ2) is 7.42. The van der Waals surface area contributed by atoms with Crippen molar-refractivity contribution in [1.82, 2.24) is 5.43 Å². The van der Waals surface area contributed by atoms with Crippen LogP contribution in [0.4, 0.5) is 0 Å². The lowest BCUT2D eigenvalue weighted by Crippen LogP contribution is -3.14. The van der Waals surface area contributed by atoms with Crippen molar-refractivity contribution in [3.63, 3.8) is 0 Å². The van der Waals surface area contributed by atoms with E-state index < -0.39 is 0 Å². The molecule has 0 spiro atoms. The number of carbonyl (C=O) groups is 1. The Balaban J connectivity index is 1.65. The fraction of sp³-hybridized carbons (Fsp3) is 0.500. The number of halogens is 1. The molecule has 1 aliphatic heterocycles. The van der Waals surface area contributed by atoms with Gasteiger partial charge in [0.2, 0.25) is 5.91 Å². The van der Waals surface area contributed by atoms with Gasteiger partial charge in [-0.3, -0.25) is 4.79 Å². The van der Waals surface area contributed by atoms with Gasteiger partial charge in [-0.2, -0.15) is 5.10 Å². The molecule has 0 radical (unpaired) electrons. The van der Waals surface area contributed by atoms with E-state index >= 15 is 0 Å². The van der Waals surface area contributed by atoms with Gasteiger partial charge in [0.1, 0.15) is 18.8 Å². The number of hydrogen-bond acceptors (Lipinski definition) is 4. The lowest BCUT2D eigenvalue weighted by atomic mass is 10.3. The minimum Gasteiger partial charge on any atom is -0.448 e. The highest BCUT2D eigenvalue weighted by atomic mass is 79.9. The summed E-state index contributed by atoms with van der Waals surface area (Å²) in [6.45, 7) is 4.32. The minimum absolute atomic E-state index is 0.0825. The van der Waals surface area contributed by atoms with E-state index in [0.29, 0.717) is 16.9 Å². The molecular formula is C12H17BrN3O3+. The first-order valence-corrected chi connectivity index (χ1v) is 7.02. The molecule has 0 aliphatic carbocycles. The zero-order valence-electron chi connectivity index (χ0n) is 10.5. The fourth-order valence-corrected chi connectivity index (χ4v) is 2.14. The molecule has 0 unspecified atom stereocenters. The summed E-state index contributed by atoms with van der Waals surface area (Å²) in [7, 11) is 0. The number of amides is 1. The third-order valence-corrected chi connectivity index (χ3v) is 3.31. The van der Waals surface area contributed by atoms with Crippen LogP contribution < -0.4 is 10.3 Å². The number of nitrogens with zero attached hydrogens (tertiary/aromatic N) is 1. The van der Waals surface area contributed by atoms with E-state index in [9.17, 15) is 4.79 Å². The van der Waals surface area contributed by atoms with Crippen molar-refractivity contribution in [1.29, 1.82) is 0 Å². The molecule has 6 nitrogen and oxygen atoms in total. The summed E-state index contributed by atoms with van der Waals surface area (Å²) in [5, 5.41) is 3.85. The lowest BCUT2D eigenvalue weighted by Gasteiger charge is -2.23. The van der Waals surface area contributed by atoms with Crippen molar-refractivity contribution in [2.24, 2.45) is 5.10 Å². The Morgan fingerprint density at radius 2 is 2.26 bits per heavy atom. The van der Waals surface area contributed by atoms with Gasteiger partial charge in [-0.15, -0.1) is 0 Å². The maximum atomic E-state index is 11.6. The standard InChI is InChI=1S/C12H16BrN3O3/c13-11-2-1-10(19-11)9-14-15-12(17)3-4-16-5-7-18-8-6-16/h1-2,9H,3-8H2,(H,15,17)/p+1/b14-9-. The van der Waals surface area contributed by atoms with Crippen LogP contribution in [0, 0.1) is 0 Å². The van der Waals surface area contributed by atoms with Crippen LogP contribution in [0.25, 0.3) is 0 Å². The van der Waals surface area contributed by atoms with E-state index in [1.165, 1.54) is 11.1 Å². The normalized spacial score (nSPS) is 16.9. The van der Waals surface area contributed by atoms with Crippen molar-refractivity contribution in [2.45, 2.75) is 6.42 Å². The summed E-state index contributed by atoms with van der Waals surface area (Å²) in [6.07, 6.45) is 1.94. The number of hydrazone groups is 1. The maximum absolute atomic E-state index is 11.6. The quantitative estimate of drug-likeness (QED) is 0.580. The molecule has 1 aromatic rings. The molecular weight excluding hydrogens is 314 g/mol. The van der Waals surface area contributed by atoms with E-state index in [2.05, 4.69) is 26.5 Å². The fourth-order valence-electron chi connectivity index (χ4n) is 1.82. The van der Waals surface area contributed by atoms with Crippen molar-refractivity contribution < 1.29 is 18.8 Å². The molecule has 1 aromatic heterocycles. The maximum Gasteiger partial charge on any atom is 0.245 e. The summed E-state index contributed by atoms with van der Waals surface area (Å²) in [5.41, 5.74) is 2.49. The summed E-state index contributed by atoms with van der Waals surface area (Å²) < 4.78 is 11.1. The Morgan fingerprint density at radius 1 is 1.47 bits per heavy atom. The summed E-state index contributed by atoms with van der Waals surface area (Å²) in [4.78, 5) is 13.0. The van der Waals surface area contributed by atoms with Gasteiger partial charge in [-0.05, 0) is 28.1 Å². The molecule has 0 atom stereocenters. The van der Waals surface area contributed by atoms with E-state index in [1.54, 1.807) is 12.1 Å². The molecule has 1 aliphatic rings. The highest BCUT2D eigenvalue weighted by Crippen LogP contribution is 2.11. The molecule has 0 saturated carbocycles. The predicted octanol–water partition coefficient (Wildman–Crippen LogP) is -0.203. The second-order valence-electron chi connectivity index (χ2n) is 4.30. The first-order valence-electron chi connectivity index (χ1n) is 6.22. The first-order chi connectivity index (χ1) is 9.24. The molecule has 7 heteroatoms. The third kappa shape index (κ3) is 5.14. The van der Waals surface area contributed by atoms with Crippen LogP contribution in [0.3, 0.4) is 0 Å². The molecule has 2 heterocycles. The Labute approximate surface area is 119 Å². The van der Waals surface area contributed by atoms with Gasteiger partial charge in [0, 0.05) is 0 Å². The SMILES string of the molecule is O=C(CC[NH+]1CCOCC1)N/N=C\c1ccc(Br)o1. The molecule has 2 rings (SSSR count). The smallest absolute Gasteiger partial charge is 0.245 e. The number of quaternary nitrogens is 1. The number of morpholine rings is 1. The number of furan rings is 1. The average Bonchev–Trinajstić information content (AvgIpc) is 2.83. The zero-order chi connectivity index (χ0) is 13.5. The topological polar surface area (TPSA) is 68.3 Å². The number of hydrogen-bond donors (Lipinski definition) is 2. The van der Waals surface area contributed by atoms with E-state index in [0.717, 1.165) is 32.8 Å². The van der Waals surface area contributed by atoms with Crippen molar-refractivity contribution in [2.75, 3.05) is 32.8 Å². The largest absolute Gasteiger partial charge is 0.448 e. The summed E-state index contributed by atoms with van der Waals surface area (Å²) >= 11 is 3.19. The lowest BCUT2D eigenvalue weighted by molar-refractivity contribution is -0.907. The molecule has 104 valence electrons. The van der Waals surface area contributed by atoms with Gasteiger partial charge in [0.25, 0.3) is 0 Å². The molecule has 1 fully saturated rings. The van der Waals surface area contributed by atoms with Crippen LogP contribution in [-0.4, -0.2) is 45.0 Å². The van der Waals surface area contributed by atoms with Crippen LogP contribution in [0.5, 0.6) is 0 Å². The highest BCUT2D eigenvalue weighted by molar-refractivity contribution is 9.10. The van der Waals surface area contributed by atoms with Gasteiger partial charge < -0.3 is 14.1 Å². The number of rotatable bonds is 5. The van der Waals surface area contributed by atoms with Gasteiger partial charge in [0.05, 0.1) is 32.4 Å². The third-order valence-electron chi connectivity index (χ3n) is 2.88. The first kappa shape index (κ1) is 14.2. The summed E-state index contributed by atoms with van der Waals surface area (Å²) in [5.74, 6) is 0.506. The van der Waals surface area contributed by atoms with Crippen LogP contribution in [-0.2, 0) is 9.53 Å². The Bertz CT molecular complexity index is 441. The molecule has 1 amide bonds. The van der Waals surface area contributed by atoms with E-state index in [1.807, 2.05) is 0 Å². The van der Waals surface area contributed by atoms with Gasteiger partial charge in [0.15, 0.2) is 4.67 Å². The molecule has 19 heavy (non-hydrogen) atoms. The Morgan fingerprint density at radius 3 is 2.95 bits per heavy atom. The average molecular weight is 331 g/mol. The minimum atomic E-state index is -0.0825. The monoisotopic (exact) mass is 330 g/mol. The number of nitrogens with one attached hydrogen (secondary N) is 2. The Hall–Kier alpha value is -1.18. The molecule has 1 saturated heterocycles. The predicted molar refractivity (Wildman–Crippen MR) is 73.1 cm³/mol. The number of ether oxygens (including phenoxy) is 1.